The number of halogens is 1. The Hall–Kier alpha value is -0.930. The number of piperazine rings is 1. The van der Waals surface area contributed by atoms with Crippen molar-refractivity contribution in [3.05, 3.63) is 35.6 Å². The zero-order chi connectivity index (χ0) is 13.1. The van der Waals surface area contributed by atoms with Crippen LogP contribution >= 0.6 is 0 Å². The molecule has 1 atom stereocenters. The molecule has 1 aromatic carbocycles. The highest BCUT2D eigenvalue weighted by Crippen LogP contribution is 2.21. The molecule has 3 rings (SSSR count). The summed E-state index contributed by atoms with van der Waals surface area (Å²) in [6.07, 6.45) is 5.18. The van der Waals surface area contributed by atoms with E-state index >= 15 is 0 Å². The van der Waals surface area contributed by atoms with Crippen LogP contribution in [0.1, 0.15) is 24.8 Å². The summed E-state index contributed by atoms with van der Waals surface area (Å²) in [5.74, 6) is -0.139. The Morgan fingerprint density at radius 3 is 2.74 bits per heavy atom. The number of hydrogen-bond acceptors (Lipinski definition) is 2. The summed E-state index contributed by atoms with van der Waals surface area (Å²) < 4.78 is 12.9. The van der Waals surface area contributed by atoms with Gasteiger partial charge >= 0.3 is 0 Å². The Bertz CT molecular complexity index is 404. The first kappa shape index (κ1) is 13.1. The fourth-order valence-electron chi connectivity index (χ4n) is 3.36. The minimum Gasteiger partial charge on any atom is -0.300 e. The first-order valence-corrected chi connectivity index (χ1v) is 7.52. The second kappa shape index (κ2) is 6.02. The van der Waals surface area contributed by atoms with Gasteiger partial charge in [0.25, 0.3) is 0 Å². The zero-order valence-corrected chi connectivity index (χ0v) is 11.5. The third-order valence-electron chi connectivity index (χ3n) is 4.55. The van der Waals surface area contributed by atoms with Crippen molar-refractivity contribution in [2.24, 2.45) is 0 Å². The molecule has 0 N–H and O–H groups in total. The van der Waals surface area contributed by atoms with Crippen molar-refractivity contribution in [3.8, 4) is 0 Å². The Morgan fingerprint density at radius 1 is 1.05 bits per heavy atom. The van der Waals surface area contributed by atoms with Crippen LogP contribution in [0.15, 0.2) is 24.3 Å². The lowest BCUT2D eigenvalue weighted by Gasteiger charge is -2.44. The predicted octanol–water partition coefficient (Wildman–Crippen LogP) is 2.54. The molecule has 0 radical (unpaired) electrons. The second-order valence-electron chi connectivity index (χ2n) is 5.86. The van der Waals surface area contributed by atoms with Gasteiger partial charge in [-0.15, -0.1) is 0 Å². The Morgan fingerprint density at radius 2 is 1.89 bits per heavy atom. The lowest BCUT2D eigenvalue weighted by atomic mass is 9.99. The van der Waals surface area contributed by atoms with E-state index < -0.39 is 0 Å². The van der Waals surface area contributed by atoms with Gasteiger partial charge in [0.05, 0.1) is 0 Å². The van der Waals surface area contributed by atoms with E-state index in [4.69, 9.17) is 0 Å². The van der Waals surface area contributed by atoms with Crippen molar-refractivity contribution in [2.75, 3.05) is 32.7 Å². The van der Waals surface area contributed by atoms with E-state index in [0.717, 1.165) is 19.0 Å². The molecule has 0 saturated carbocycles. The highest BCUT2D eigenvalue weighted by Gasteiger charge is 2.28. The zero-order valence-electron chi connectivity index (χ0n) is 11.5. The highest BCUT2D eigenvalue weighted by molar-refractivity contribution is 5.16. The van der Waals surface area contributed by atoms with Gasteiger partial charge in [0, 0.05) is 32.2 Å². The Balaban J connectivity index is 1.49. The summed E-state index contributed by atoms with van der Waals surface area (Å²) in [5, 5.41) is 0. The molecule has 3 heteroatoms. The molecule has 2 nitrogen and oxygen atoms in total. The maximum Gasteiger partial charge on any atom is 0.123 e. The van der Waals surface area contributed by atoms with Crippen molar-refractivity contribution >= 4 is 0 Å². The molecule has 2 fully saturated rings. The normalized spacial score (nSPS) is 25.2. The molecule has 2 saturated heterocycles. The fraction of sp³-hybridized carbons (Fsp3) is 0.625. The van der Waals surface area contributed by atoms with Crippen LogP contribution in [0.25, 0.3) is 0 Å². The molecular formula is C16H23FN2. The second-order valence-corrected chi connectivity index (χ2v) is 5.86. The molecular weight excluding hydrogens is 239 g/mol. The number of nitrogens with zero attached hydrogens (tertiary/aromatic N) is 2. The van der Waals surface area contributed by atoms with Crippen molar-refractivity contribution in [1.29, 1.82) is 0 Å². The van der Waals surface area contributed by atoms with E-state index in [-0.39, 0.29) is 5.82 Å². The molecule has 0 aromatic heterocycles. The molecule has 2 aliphatic rings. The summed E-state index contributed by atoms with van der Waals surface area (Å²) in [5.41, 5.74) is 1.24. The van der Waals surface area contributed by atoms with Crippen LogP contribution in [-0.4, -0.2) is 48.6 Å². The Labute approximate surface area is 115 Å². The van der Waals surface area contributed by atoms with Crippen molar-refractivity contribution in [1.82, 2.24) is 9.80 Å². The molecule has 104 valence electrons. The molecule has 0 spiro atoms. The number of fused-ring (bicyclic) bond motifs is 1. The summed E-state index contributed by atoms with van der Waals surface area (Å²) in [6, 6.07) is 7.73. The van der Waals surface area contributed by atoms with E-state index in [9.17, 15) is 4.39 Å². The van der Waals surface area contributed by atoms with Crippen LogP contribution in [-0.2, 0) is 6.42 Å². The SMILES string of the molecule is Fc1ccc(CCN2CCN3CCCCC3C2)cc1. The summed E-state index contributed by atoms with van der Waals surface area (Å²) in [6.45, 7) is 6.05. The third kappa shape index (κ3) is 3.34. The van der Waals surface area contributed by atoms with Gasteiger partial charge in [0.2, 0.25) is 0 Å². The van der Waals surface area contributed by atoms with Crippen molar-refractivity contribution in [3.63, 3.8) is 0 Å². The monoisotopic (exact) mass is 262 g/mol. The summed E-state index contributed by atoms with van der Waals surface area (Å²) in [7, 11) is 0. The molecule has 0 aliphatic carbocycles. The van der Waals surface area contributed by atoms with E-state index in [1.807, 2.05) is 12.1 Å². The van der Waals surface area contributed by atoms with Crippen molar-refractivity contribution in [2.45, 2.75) is 31.7 Å². The number of piperidine rings is 1. The average molecular weight is 262 g/mol. The van der Waals surface area contributed by atoms with Crippen LogP contribution in [0.3, 0.4) is 0 Å². The van der Waals surface area contributed by atoms with Crippen LogP contribution in [0.2, 0.25) is 0 Å². The first-order chi connectivity index (χ1) is 9.31. The topological polar surface area (TPSA) is 6.48 Å². The molecule has 2 aliphatic heterocycles. The average Bonchev–Trinajstić information content (AvgIpc) is 2.46. The molecule has 2 heterocycles. The maximum atomic E-state index is 12.9. The van der Waals surface area contributed by atoms with Gasteiger partial charge in [0.15, 0.2) is 0 Å². The van der Waals surface area contributed by atoms with E-state index in [1.54, 1.807) is 12.1 Å². The van der Waals surface area contributed by atoms with Crippen molar-refractivity contribution < 1.29 is 4.39 Å². The number of benzene rings is 1. The lowest BCUT2D eigenvalue weighted by molar-refractivity contribution is 0.0500. The molecule has 19 heavy (non-hydrogen) atoms. The predicted molar refractivity (Wildman–Crippen MR) is 75.8 cm³/mol. The van der Waals surface area contributed by atoms with E-state index in [1.165, 1.54) is 51.0 Å². The minimum absolute atomic E-state index is 0.139. The van der Waals surface area contributed by atoms with Gasteiger partial charge in [-0.3, -0.25) is 4.90 Å². The molecule has 0 bridgehead atoms. The highest BCUT2D eigenvalue weighted by atomic mass is 19.1. The first-order valence-electron chi connectivity index (χ1n) is 7.52. The van der Waals surface area contributed by atoms with Gasteiger partial charge in [-0.25, -0.2) is 4.39 Å². The maximum absolute atomic E-state index is 12.9. The molecule has 1 aromatic rings. The van der Waals surface area contributed by atoms with Crippen LogP contribution < -0.4 is 0 Å². The van der Waals surface area contributed by atoms with E-state index in [2.05, 4.69) is 9.80 Å². The lowest BCUT2D eigenvalue weighted by Crippen LogP contribution is -2.55. The van der Waals surface area contributed by atoms with Gasteiger partial charge < -0.3 is 4.90 Å². The molecule has 1 unspecified atom stereocenters. The van der Waals surface area contributed by atoms with E-state index in [0.29, 0.717) is 0 Å². The van der Waals surface area contributed by atoms with Gasteiger partial charge in [-0.1, -0.05) is 18.6 Å². The standard InChI is InChI=1S/C16H23FN2/c17-15-6-4-14(5-7-15)8-10-18-11-12-19-9-2-1-3-16(19)13-18/h4-7,16H,1-3,8-13H2. The smallest absolute Gasteiger partial charge is 0.123 e. The third-order valence-corrected chi connectivity index (χ3v) is 4.55. The van der Waals surface area contributed by atoms with Gasteiger partial charge in [-0.2, -0.15) is 0 Å². The Kier molecular flexibility index (Phi) is 4.14. The van der Waals surface area contributed by atoms with Crippen LogP contribution in [0.5, 0.6) is 0 Å². The summed E-state index contributed by atoms with van der Waals surface area (Å²) in [4.78, 5) is 5.24. The summed E-state index contributed by atoms with van der Waals surface area (Å²) >= 11 is 0. The van der Waals surface area contributed by atoms with Gasteiger partial charge in [-0.05, 0) is 43.5 Å². The van der Waals surface area contributed by atoms with Crippen LogP contribution in [0.4, 0.5) is 4.39 Å². The quantitative estimate of drug-likeness (QED) is 0.826. The molecule has 0 amide bonds. The largest absolute Gasteiger partial charge is 0.300 e. The number of hydrogen-bond donors (Lipinski definition) is 0. The number of rotatable bonds is 3. The minimum atomic E-state index is -0.139. The fourth-order valence-corrected chi connectivity index (χ4v) is 3.36. The van der Waals surface area contributed by atoms with Crippen LogP contribution in [0, 0.1) is 5.82 Å². The van der Waals surface area contributed by atoms with Gasteiger partial charge in [0.1, 0.15) is 5.82 Å².